The maximum Gasteiger partial charge on any atom is 0.109 e. The van der Waals surface area contributed by atoms with Gasteiger partial charge in [0, 0.05) is 18.8 Å². The highest BCUT2D eigenvalue weighted by Gasteiger charge is 2.15. The molecule has 0 amide bonds. The number of nitrogens with zero attached hydrogens (tertiary/aromatic N) is 1. The third kappa shape index (κ3) is 1.94. The zero-order chi connectivity index (χ0) is 11.0. The van der Waals surface area contributed by atoms with Crippen LogP contribution in [0.15, 0.2) is 23.7 Å². The molecule has 1 aromatic rings. The van der Waals surface area contributed by atoms with Crippen molar-refractivity contribution in [2.45, 2.75) is 20.8 Å². The van der Waals surface area contributed by atoms with Crippen molar-refractivity contribution in [1.82, 2.24) is 0 Å². The van der Waals surface area contributed by atoms with Crippen molar-refractivity contribution in [3.63, 3.8) is 0 Å². The zero-order valence-corrected chi connectivity index (χ0v) is 9.67. The fourth-order valence-corrected chi connectivity index (χ4v) is 2.42. The molecule has 0 saturated heterocycles. The molecule has 0 atom stereocenters. The van der Waals surface area contributed by atoms with Crippen LogP contribution in [0.4, 0.5) is 5.69 Å². The molecule has 2 radical (unpaired) electrons. The standard InChI is InChI=1S/C13H16BN/c1-9-6-10(2)13(11(3)7-9)15-5-4-12(14)8-15/h4,6-7H,5,8H2,1-3H3. The van der Waals surface area contributed by atoms with E-state index in [1.165, 1.54) is 22.4 Å². The number of aryl methyl sites for hydroxylation is 3. The van der Waals surface area contributed by atoms with Gasteiger partial charge >= 0.3 is 0 Å². The van der Waals surface area contributed by atoms with Crippen LogP contribution in [-0.4, -0.2) is 20.9 Å². The largest absolute Gasteiger partial charge is 0.364 e. The van der Waals surface area contributed by atoms with E-state index in [1.807, 2.05) is 0 Å². The van der Waals surface area contributed by atoms with Crippen LogP contribution in [0.2, 0.25) is 0 Å². The summed E-state index contributed by atoms with van der Waals surface area (Å²) in [5.41, 5.74) is 6.34. The van der Waals surface area contributed by atoms with E-state index in [0.717, 1.165) is 18.6 Å². The first-order valence-corrected chi connectivity index (χ1v) is 5.35. The Morgan fingerprint density at radius 3 is 2.20 bits per heavy atom. The molecule has 0 spiro atoms. The minimum atomic E-state index is 0.866. The molecule has 15 heavy (non-hydrogen) atoms. The van der Waals surface area contributed by atoms with Gasteiger partial charge in [0.2, 0.25) is 0 Å². The van der Waals surface area contributed by atoms with E-state index in [9.17, 15) is 0 Å². The van der Waals surface area contributed by atoms with E-state index in [1.54, 1.807) is 0 Å². The van der Waals surface area contributed by atoms with E-state index >= 15 is 0 Å². The Labute approximate surface area is 93.2 Å². The zero-order valence-electron chi connectivity index (χ0n) is 9.67. The molecule has 0 aromatic heterocycles. The first-order valence-electron chi connectivity index (χ1n) is 5.35. The summed E-state index contributed by atoms with van der Waals surface area (Å²) in [5.74, 6) is 0. The molecule has 1 aliphatic heterocycles. The first kappa shape index (κ1) is 10.3. The van der Waals surface area contributed by atoms with Gasteiger partial charge in [-0.25, -0.2) is 0 Å². The van der Waals surface area contributed by atoms with Gasteiger partial charge in [-0.2, -0.15) is 0 Å². The van der Waals surface area contributed by atoms with Crippen LogP contribution in [0.25, 0.3) is 0 Å². The molecule has 1 aromatic carbocycles. The number of benzene rings is 1. The second-order valence-electron chi connectivity index (χ2n) is 4.41. The van der Waals surface area contributed by atoms with E-state index in [-0.39, 0.29) is 0 Å². The molecule has 0 unspecified atom stereocenters. The minimum absolute atomic E-state index is 0.866. The highest BCUT2D eigenvalue weighted by Crippen LogP contribution is 2.28. The summed E-state index contributed by atoms with van der Waals surface area (Å²) in [6.45, 7) is 8.29. The average Bonchev–Trinajstić information content (AvgIpc) is 2.49. The lowest BCUT2D eigenvalue weighted by atomic mass is 9.97. The molecule has 2 heteroatoms. The number of hydrogen-bond acceptors (Lipinski definition) is 1. The molecule has 0 fully saturated rings. The van der Waals surface area contributed by atoms with Crippen LogP contribution >= 0.6 is 0 Å². The third-order valence-electron chi connectivity index (χ3n) is 2.90. The van der Waals surface area contributed by atoms with Gasteiger partial charge in [0.05, 0.1) is 0 Å². The van der Waals surface area contributed by atoms with Crippen molar-refractivity contribution in [3.8, 4) is 0 Å². The average molecular weight is 197 g/mol. The molecule has 1 aliphatic rings. The number of rotatable bonds is 1. The van der Waals surface area contributed by atoms with E-state index < -0.39 is 0 Å². The van der Waals surface area contributed by atoms with E-state index in [4.69, 9.17) is 7.85 Å². The summed E-state index contributed by atoms with van der Waals surface area (Å²) in [4.78, 5) is 2.33. The third-order valence-corrected chi connectivity index (χ3v) is 2.90. The molecule has 1 heterocycles. The van der Waals surface area contributed by atoms with Crippen LogP contribution in [0.1, 0.15) is 16.7 Å². The predicted octanol–water partition coefficient (Wildman–Crippen LogP) is 2.48. The van der Waals surface area contributed by atoms with Crippen molar-refractivity contribution in [2.75, 3.05) is 18.0 Å². The molecule has 2 rings (SSSR count). The minimum Gasteiger partial charge on any atom is -0.364 e. The summed E-state index contributed by atoms with van der Waals surface area (Å²) >= 11 is 0. The van der Waals surface area contributed by atoms with Gasteiger partial charge in [-0.1, -0.05) is 23.8 Å². The van der Waals surface area contributed by atoms with Crippen LogP contribution in [0.5, 0.6) is 0 Å². The van der Waals surface area contributed by atoms with Gasteiger partial charge in [0.1, 0.15) is 7.85 Å². The van der Waals surface area contributed by atoms with Crippen LogP contribution in [0.3, 0.4) is 0 Å². The van der Waals surface area contributed by atoms with Crippen molar-refractivity contribution in [2.24, 2.45) is 0 Å². The van der Waals surface area contributed by atoms with Crippen LogP contribution in [-0.2, 0) is 0 Å². The first-order chi connectivity index (χ1) is 7.08. The lowest BCUT2D eigenvalue weighted by Crippen LogP contribution is -2.22. The number of anilines is 1. The SMILES string of the molecule is [B]C1=CCN(c2c(C)cc(C)cc2C)C1. The number of hydrogen-bond donors (Lipinski definition) is 0. The Morgan fingerprint density at radius 2 is 1.73 bits per heavy atom. The monoisotopic (exact) mass is 197 g/mol. The molecule has 1 nitrogen and oxygen atoms in total. The van der Waals surface area contributed by atoms with Gasteiger partial charge < -0.3 is 4.90 Å². The molecular formula is C13H16BN. The quantitative estimate of drug-likeness (QED) is 0.625. The van der Waals surface area contributed by atoms with Crippen molar-refractivity contribution in [3.05, 3.63) is 40.4 Å². The van der Waals surface area contributed by atoms with E-state index in [0.29, 0.717) is 0 Å². The highest BCUT2D eigenvalue weighted by atomic mass is 15.1. The predicted molar refractivity (Wildman–Crippen MR) is 66.7 cm³/mol. The molecule has 0 N–H and O–H groups in total. The van der Waals surface area contributed by atoms with Crippen molar-refractivity contribution in [1.29, 1.82) is 0 Å². The van der Waals surface area contributed by atoms with Gasteiger partial charge in [-0.15, -0.1) is 5.47 Å². The normalized spacial score (nSPS) is 15.7. The van der Waals surface area contributed by atoms with Gasteiger partial charge in [-0.05, 0) is 31.9 Å². The molecule has 0 saturated carbocycles. The van der Waals surface area contributed by atoms with Crippen molar-refractivity contribution < 1.29 is 0 Å². The van der Waals surface area contributed by atoms with Gasteiger partial charge in [0.15, 0.2) is 0 Å². The Kier molecular flexibility index (Phi) is 2.60. The molecule has 0 bridgehead atoms. The summed E-state index contributed by atoms with van der Waals surface area (Å²) in [7, 11) is 5.81. The Morgan fingerprint density at radius 1 is 1.13 bits per heavy atom. The summed E-state index contributed by atoms with van der Waals surface area (Å²) in [5, 5.41) is 0. The smallest absolute Gasteiger partial charge is 0.109 e. The second-order valence-corrected chi connectivity index (χ2v) is 4.41. The second kappa shape index (κ2) is 3.76. The van der Waals surface area contributed by atoms with E-state index in [2.05, 4.69) is 43.9 Å². The summed E-state index contributed by atoms with van der Waals surface area (Å²) < 4.78 is 0. The summed E-state index contributed by atoms with van der Waals surface area (Å²) in [6, 6.07) is 4.47. The molecular weight excluding hydrogens is 181 g/mol. The lowest BCUT2D eigenvalue weighted by molar-refractivity contribution is 0.982. The van der Waals surface area contributed by atoms with Crippen LogP contribution < -0.4 is 4.90 Å². The van der Waals surface area contributed by atoms with Gasteiger partial charge in [-0.3, -0.25) is 0 Å². The highest BCUT2D eigenvalue weighted by molar-refractivity contribution is 6.22. The summed E-state index contributed by atoms with van der Waals surface area (Å²) in [6.07, 6.45) is 2.10. The molecule has 76 valence electrons. The van der Waals surface area contributed by atoms with Gasteiger partial charge in [0.25, 0.3) is 0 Å². The Hall–Kier alpha value is -1.18. The van der Waals surface area contributed by atoms with Crippen molar-refractivity contribution >= 4 is 13.5 Å². The maximum atomic E-state index is 5.81. The maximum absolute atomic E-state index is 5.81. The topological polar surface area (TPSA) is 3.24 Å². The Bertz CT molecular complexity index is 398. The Balaban J connectivity index is 2.37. The fourth-order valence-electron chi connectivity index (χ4n) is 2.42. The fraction of sp³-hybridized carbons (Fsp3) is 0.385. The van der Waals surface area contributed by atoms with Crippen LogP contribution in [0, 0.1) is 20.8 Å². The lowest BCUT2D eigenvalue weighted by Gasteiger charge is -2.23. The molecule has 0 aliphatic carbocycles.